The predicted octanol–water partition coefficient (Wildman–Crippen LogP) is 3.71. The first kappa shape index (κ1) is 16.6. The lowest BCUT2D eigenvalue weighted by atomic mass is 9.76. The number of aliphatic hydroxyl groups excluding tert-OH is 1. The van der Waals surface area contributed by atoms with E-state index >= 15 is 0 Å². The Kier molecular flexibility index (Phi) is 3.50. The van der Waals surface area contributed by atoms with Crippen molar-refractivity contribution < 1.29 is 9.84 Å². The van der Waals surface area contributed by atoms with E-state index < -0.39 is 5.72 Å². The summed E-state index contributed by atoms with van der Waals surface area (Å²) in [6.07, 6.45) is 14.8. The molecule has 5 rings (SSSR count). The number of benzene rings is 1. The van der Waals surface area contributed by atoms with Crippen LogP contribution in [0.5, 0.6) is 0 Å². The monoisotopic (exact) mass is 360 g/mol. The summed E-state index contributed by atoms with van der Waals surface area (Å²) in [7, 11) is 0. The van der Waals surface area contributed by atoms with Gasteiger partial charge in [-0.25, -0.2) is 0 Å². The lowest BCUT2D eigenvalue weighted by Gasteiger charge is -2.47. The van der Waals surface area contributed by atoms with Gasteiger partial charge in [-0.05, 0) is 31.6 Å². The van der Waals surface area contributed by atoms with Crippen LogP contribution in [0.4, 0.5) is 5.69 Å². The Morgan fingerprint density at radius 1 is 1.15 bits per heavy atom. The van der Waals surface area contributed by atoms with Gasteiger partial charge < -0.3 is 14.7 Å². The number of aliphatic imine (C=N–C) groups is 1. The topological polar surface area (TPSA) is 45.1 Å². The molecule has 1 N–H and O–H groups in total. The molecule has 0 amide bonds. The van der Waals surface area contributed by atoms with Gasteiger partial charge in [-0.2, -0.15) is 0 Å². The van der Waals surface area contributed by atoms with Crippen LogP contribution in [0.3, 0.4) is 0 Å². The minimum Gasteiger partial charge on any atom is -0.460 e. The maximum Gasteiger partial charge on any atom is 0.228 e. The van der Waals surface area contributed by atoms with Gasteiger partial charge in [0, 0.05) is 24.1 Å². The van der Waals surface area contributed by atoms with E-state index in [4.69, 9.17) is 9.73 Å². The normalized spacial score (nSPS) is 31.7. The summed E-state index contributed by atoms with van der Waals surface area (Å²) < 4.78 is 6.75. The first-order valence-corrected chi connectivity index (χ1v) is 9.58. The molecule has 3 atom stereocenters. The minimum absolute atomic E-state index is 0.0589. The Bertz CT molecular complexity index is 937. The van der Waals surface area contributed by atoms with Crippen molar-refractivity contribution in [1.29, 1.82) is 0 Å². The summed E-state index contributed by atoms with van der Waals surface area (Å²) in [4.78, 5) is 7.11. The van der Waals surface area contributed by atoms with Crippen LogP contribution >= 0.6 is 0 Å². The fourth-order valence-corrected chi connectivity index (χ4v) is 4.86. The third-order valence-corrected chi connectivity index (χ3v) is 6.35. The number of anilines is 1. The van der Waals surface area contributed by atoms with Crippen LogP contribution in [-0.2, 0) is 10.2 Å². The number of ether oxygens (including phenoxy) is 1. The van der Waals surface area contributed by atoms with Gasteiger partial charge in [-0.1, -0.05) is 48.6 Å². The number of nitrogens with zero attached hydrogens (tertiary/aromatic N) is 2. The van der Waals surface area contributed by atoms with E-state index in [1.165, 1.54) is 5.56 Å². The van der Waals surface area contributed by atoms with Gasteiger partial charge in [0.15, 0.2) is 0 Å². The van der Waals surface area contributed by atoms with E-state index in [2.05, 4.69) is 73.4 Å². The van der Waals surface area contributed by atoms with E-state index in [1.54, 1.807) is 0 Å². The first-order valence-electron chi connectivity index (χ1n) is 9.58. The molecular formula is C23H24N2O2. The number of aliphatic hydroxyl groups is 1. The van der Waals surface area contributed by atoms with Crippen molar-refractivity contribution >= 4 is 11.9 Å². The van der Waals surface area contributed by atoms with Gasteiger partial charge >= 0.3 is 0 Å². The Morgan fingerprint density at radius 2 is 1.96 bits per heavy atom. The molecule has 4 heteroatoms. The third-order valence-electron chi connectivity index (χ3n) is 6.35. The molecule has 0 aromatic heterocycles. The summed E-state index contributed by atoms with van der Waals surface area (Å²) in [6, 6.07) is 8.35. The molecule has 27 heavy (non-hydrogen) atoms. The molecule has 1 aromatic carbocycles. The number of hydrogen-bond acceptors (Lipinski definition) is 4. The number of hydrogen-bond donors (Lipinski definition) is 1. The van der Waals surface area contributed by atoms with E-state index in [1.807, 2.05) is 12.3 Å². The lowest BCUT2D eigenvalue weighted by Crippen LogP contribution is -2.60. The third kappa shape index (κ3) is 2.10. The zero-order valence-corrected chi connectivity index (χ0v) is 15.7. The quantitative estimate of drug-likeness (QED) is 0.874. The van der Waals surface area contributed by atoms with Crippen LogP contribution in [-0.4, -0.2) is 30.2 Å². The molecule has 4 nitrogen and oxygen atoms in total. The molecule has 3 unspecified atom stereocenters. The molecule has 138 valence electrons. The van der Waals surface area contributed by atoms with Crippen LogP contribution in [0, 0.1) is 11.8 Å². The number of para-hydroxylation sites is 1. The first-order chi connectivity index (χ1) is 13.1. The van der Waals surface area contributed by atoms with Gasteiger partial charge in [0.25, 0.3) is 0 Å². The molecule has 0 saturated carbocycles. The van der Waals surface area contributed by atoms with Crippen LogP contribution in [0.1, 0.15) is 19.4 Å². The predicted molar refractivity (Wildman–Crippen MR) is 108 cm³/mol. The summed E-state index contributed by atoms with van der Waals surface area (Å²) in [5.74, 6) is 1.40. The average molecular weight is 360 g/mol. The Balaban J connectivity index is 1.61. The number of rotatable bonds is 2. The highest BCUT2D eigenvalue weighted by molar-refractivity contribution is 5.85. The summed E-state index contributed by atoms with van der Waals surface area (Å²) in [5.41, 5.74) is 2.25. The van der Waals surface area contributed by atoms with Gasteiger partial charge in [-0.15, -0.1) is 0 Å². The zero-order valence-electron chi connectivity index (χ0n) is 15.7. The molecule has 1 aromatic rings. The maximum absolute atomic E-state index is 9.74. The van der Waals surface area contributed by atoms with Crippen molar-refractivity contribution in [3.63, 3.8) is 0 Å². The van der Waals surface area contributed by atoms with Gasteiger partial charge in [0.05, 0.1) is 23.9 Å². The molecule has 0 saturated heterocycles. The standard InChI is InChI=1S/C23H24N2O2/c1-22(2)18-9-5-6-10-19(18)25(13-14-26)23(22)15-24-21-17-8-4-3-7-16(17)11-12-20(21)27-23/h3-12,15-17,26H,13-14H2,1-2H3. The Hall–Kier alpha value is -2.59. The van der Waals surface area contributed by atoms with Gasteiger partial charge in [0.2, 0.25) is 5.72 Å². The van der Waals surface area contributed by atoms with E-state index in [9.17, 15) is 5.11 Å². The summed E-state index contributed by atoms with van der Waals surface area (Å²) in [6.45, 7) is 4.94. The highest BCUT2D eigenvalue weighted by Crippen LogP contribution is 2.54. The second kappa shape index (κ2) is 5.70. The van der Waals surface area contributed by atoms with E-state index in [-0.39, 0.29) is 17.9 Å². The van der Waals surface area contributed by atoms with Crippen molar-refractivity contribution in [2.45, 2.75) is 25.0 Å². The van der Waals surface area contributed by atoms with E-state index in [0.717, 1.165) is 17.1 Å². The largest absolute Gasteiger partial charge is 0.460 e. The molecule has 2 aliphatic carbocycles. The fraction of sp³-hybridized carbons (Fsp3) is 0.348. The zero-order chi connectivity index (χ0) is 18.6. The highest BCUT2D eigenvalue weighted by Gasteiger charge is 2.59. The van der Waals surface area contributed by atoms with E-state index in [0.29, 0.717) is 12.5 Å². The Morgan fingerprint density at radius 3 is 2.81 bits per heavy atom. The minimum atomic E-state index is -0.746. The van der Waals surface area contributed by atoms with Crippen molar-refractivity contribution in [2.75, 3.05) is 18.1 Å². The highest BCUT2D eigenvalue weighted by atomic mass is 16.5. The molecule has 0 radical (unpaired) electrons. The average Bonchev–Trinajstić information content (AvgIpc) is 2.87. The van der Waals surface area contributed by atoms with Crippen molar-refractivity contribution in [3.8, 4) is 0 Å². The van der Waals surface area contributed by atoms with Crippen molar-refractivity contribution in [3.05, 3.63) is 77.7 Å². The second-order valence-electron chi connectivity index (χ2n) is 8.06. The molecule has 0 bridgehead atoms. The molecule has 0 fully saturated rings. The lowest BCUT2D eigenvalue weighted by molar-refractivity contribution is 0.0128. The summed E-state index contributed by atoms with van der Waals surface area (Å²) in [5, 5.41) is 9.74. The SMILES string of the molecule is CC1(C)c2ccccc2N(CCO)C12C=NC1=C(C=CC3C=CC=CC13)O2. The van der Waals surface area contributed by atoms with Crippen molar-refractivity contribution in [1.82, 2.24) is 0 Å². The van der Waals surface area contributed by atoms with Crippen LogP contribution in [0.25, 0.3) is 0 Å². The van der Waals surface area contributed by atoms with Gasteiger partial charge in [-0.3, -0.25) is 4.99 Å². The molecule has 4 aliphatic rings. The van der Waals surface area contributed by atoms with Crippen molar-refractivity contribution in [2.24, 2.45) is 16.8 Å². The molecule has 2 aliphatic heterocycles. The molecule has 2 heterocycles. The number of allylic oxidation sites excluding steroid dienone is 6. The van der Waals surface area contributed by atoms with Crippen LogP contribution < -0.4 is 4.90 Å². The van der Waals surface area contributed by atoms with Gasteiger partial charge in [0.1, 0.15) is 5.76 Å². The fourth-order valence-electron chi connectivity index (χ4n) is 4.86. The van der Waals surface area contributed by atoms with Crippen LogP contribution in [0.2, 0.25) is 0 Å². The second-order valence-corrected chi connectivity index (χ2v) is 8.06. The number of β-amino-alcohol motifs (C(OH)–C–C–N with tert-alkyl or cyclic N) is 1. The number of fused-ring (bicyclic) bond motifs is 3. The summed E-state index contributed by atoms with van der Waals surface area (Å²) >= 11 is 0. The smallest absolute Gasteiger partial charge is 0.228 e. The van der Waals surface area contributed by atoms with Crippen LogP contribution in [0.15, 0.2) is 77.2 Å². The molecular weight excluding hydrogens is 336 g/mol. The molecule has 1 spiro atoms. The Labute approximate surface area is 159 Å². The maximum atomic E-state index is 9.74.